The SMILES string of the molecule is C[C@H]1CCc2c(sc3ncn4c(SCC(=O)N5CCN(C(=O)c6ccco6)CC5)nnc4c23)C1. The summed E-state index contributed by atoms with van der Waals surface area (Å²) in [5.41, 5.74) is 2.20. The van der Waals surface area contributed by atoms with Gasteiger partial charge in [0.25, 0.3) is 5.91 Å². The Morgan fingerprint density at radius 1 is 1.21 bits per heavy atom. The fraction of sp³-hybridized carbons (Fsp3) is 0.435. The molecular weight excluding hydrogens is 472 g/mol. The van der Waals surface area contributed by atoms with Gasteiger partial charge in [-0.05, 0) is 42.9 Å². The first-order chi connectivity index (χ1) is 16.6. The van der Waals surface area contributed by atoms with Gasteiger partial charge in [0.2, 0.25) is 5.91 Å². The second-order valence-corrected chi connectivity index (χ2v) is 10.9. The van der Waals surface area contributed by atoms with Gasteiger partial charge in [0.1, 0.15) is 11.2 Å². The summed E-state index contributed by atoms with van der Waals surface area (Å²) in [5.74, 6) is 1.20. The molecule has 0 radical (unpaired) electrons. The van der Waals surface area contributed by atoms with Gasteiger partial charge in [-0.1, -0.05) is 18.7 Å². The maximum absolute atomic E-state index is 12.8. The van der Waals surface area contributed by atoms with Crippen LogP contribution < -0.4 is 0 Å². The lowest BCUT2D eigenvalue weighted by Crippen LogP contribution is -2.51. The average Bonchev–Trinajstić information content (AvgIpc) is 3.60. The summed E-state index contributed by atoms with van der Waals surface area (Å²) in [5, 5.41) is 10.6. The molecule has 34 heavy (non-hydrogen) atoms. The van der Waals surface area contributed by atoms with E-state index in [-0.39, 0.29) is 17.6 Å². The molecule has 0 spiro atoms. The standard InChI is InChI=1S/C23H24N6O3S2/c1-14-4-5-15-17(11-14)34-21-19(15)20-25-26-23(29(20)13-24-21)33-12-18(30)27-6-8-28(9-7-27)22(31)16-3-2-10-32-16/h2-3,10,13-14H,4-9,11-12H2,1H3/t14-/m0/s1. The molecule has 1 aliphatic heterocycles. The normalized spacial score (nSPS) is 18.6. The third-order valence-electron chi connectivity index (χ3n) is 6.65. The largest absolute Gasteiger partial charge is 0.459 e. The Kier molecular flexibility index (Phi) is 5.53. The summed E-state index contributed by atoms with van der Waals surface area (Å²) in [7, 11) is 0. The zero-order valence-corrected chi connectivity index (χ0v) is 20.4. The number of nitrogens with zero attached hydrogens (tertiary/aromatic N) is 6. The zero-order valence-electron chi connectivity index (χ0n) is 18.8. The number of piperazine rings is 1. The van der Waals surface area contributed by atoms with Gasteiger partial charge in [-0.15, -0.1) is 21.5 Å². The molecule has 11 heteroatoms. The molecule has 176 valence electrons. The van der Waals surface area contributed by atoms with E-state index in [2.05, 4.69) is 22.1 Å². The molecule has 4 aromatic heterocycles. The third kappa shape index (κ3) is 3.76. The van der Waals surface area contributed by atoms with E-state index in [1.807, 2.05) is 4.40 Å². The maximum Gasteiger partial charge on any atom is 0.289 e. The van der Waals surface area contributed by atoms with Gasteiger partial charge < -0.3 is 14.2 Å². The monoisotopic (exact) mass is 496 g/mol. The third-order valence-corrected chi connectivity index (χ3v) is 8.74. The second kappa shape index (κ2) is 8.70. The van der Waals surface area contributed by atoms with Crippen LogP contribution in [0.2, 0.25) is 0 Å². The average molecular weight is 497 g/mol. The maximum atomic E-state index is 12.8. The summed E-state index contributed by atoms with van der Waals surface area (Å²) < 4.78 is 7.11. The van der Waals surface area contributed by atoms with Gasteiger partial charge in [-0.25, -0.2) is 4.98 Å². The number of amides is 2. The van der Waals surface area contributed by atoms with Gasteiger partial charge in [0.15, 0.2) is 16.6 Å². The Bertz CT molecular complexity index is 1370. The molecule has 0 bridgehead atoms. The van der Waals surface area contributed by atoms with Gasteiger partial charge >= 0.3 is 0 Å². The molecule has 0 aromatic carbocycles. The molecule has 0 N–H and O–H groups in total. The number of aromatic nitrogens is 4. The van der Waals surface area contributed by atoms with Crippen molar-refractivity contribution in [3.63, 3.8) is 0 Å². The smallest absolute Gasteiger partial charge is 0.289 e. The van der Waals surface area contributed by atoms with Crippen molar-refractivity contribution in [1.82, 2.24) is 29.4 Å². The van der Waals surface area contributed by atoms with Crippen molar-refractivity contribution in [1.29, 1.82) is 0 Å². The molecule has 2 amide bonds. The molecule has 6 rings (SSSR count). The summed E-state index contributed by atoms with van der Waals surface area (Å²) >= 11 is 3.15. The summed E-state index contributed by atoms with van der Waals surface area (Å²) in [6.45, 7) is 4.30. The molecule has 1 saturated heterocycles. The fourth-order valence-electron chi connectivity index (χ4n) is 4.75. The molecule has 2 aliphatic rings. The summed E-state index contributed by atoms with van der Waals surface area (Å²) in [6.07, 6.45) is 6.61. The molecule has 9 nitrogen and oxygen atoms in total. The highest BCUT2D eigenvalue weighted by molar-refractivity contribution is 7.99. The fourth-order valence-corrected chi connectivity index (χ4v) is 6.90. The highest BCUT2D eigenvalue weighted by atomic mass is 32.2. The van der Waals surface area contributed by atoms with Crippen molar-refractivity contribution in [2.75, 3.05) is 31.9 Å². The van der Waals surface area contributed by atoms with E-state index in [4.69, 9.17) is 4.42 Å². The van der Waals surface area contributed by atoms with E-state index >= 15 is 0 Å². The lowest BCUT2D eigenvalue weighted by molar-refractivity contribution is -0.129. The van der Waals surface area contributed by atoms with Crippen molar-refractivity contribution >= 4 is 50.8 Å². The molecular formula is C23H24N6O3S2. The lowest BCUT2D eigenvalue weighted by atomic mass is 9.89. The first-order valence-corrected chi connectivity index (χ1v) is 13.3. The van der Waals surface area contributed by atoms with Gasteiger partial charge in [0.05, 0.1) is 17.4 Å². The first-order valence-electron chi connectivity index (χ1n) is 11.5. The van der Waals surface area contributed by atoms with E-state index in [0.29, 0.717) is 43.0 Å². The van der Waals surface area contributed by atoms with Crippen LogP contribution in [0.3, 0.4) is 0 Å². The van der Waals surface area contributed by atoms with E-state index in [1.165, 1.54) is 34.9 Å². The first kappa shape index (κ1) is 21.6. The predicted octanol–water partition coefficient (Wildman–Crippen LogP) is 3.13. The van der Waals surface area contributed by atoms with Crippen molar-refractivity contribution < 1.29 is 14.0 Å². The van der Waals surface area contributed by atoms with Crippen LogP contribution in [-0.4, -0.2) is 73.1 Å². The van der Waals surface area contributed by atoms with E-state index in [1.54, 1.807) is 39.6 Å². The molecule has 0 saturated carbocycles. The van der Waals surface area contributed by atoms with Crippen LogP contribution in [0.15, 0.2) is 34.3 Å². The number of aryl methyl sites for hydroxylation is 1. The summed E-state index contributed by atoms with van der Waals surface area (Å²) in [4.78, 5) is 35.9. The number of fused-ring (bicyclic) bond motifs is 5. The molecule has 1 aliphatic carbocycles. The Balaban J connectivity index is 1.12. The lowest BCUT2D eigenvalue weighted by Gasteiger charge is -2.34. The van der Waals surface area contributed by atoms with Crippen LogP contribution in [0.1, 0.15) is 34.3 Å². The van der Waals surface area contributed by atoms with Crippen LogP contribution in [0.25, 0.3) is 15.9 Å². The molecule has 5 heterocycles. The zero-order chi connectivity index (χ0) is 23.2. The topological polar surface area (TPSA) is 96.8 Å². The minimum absolute atomic E-state index is 0.0304. The van der Waals surface area contributed by atoms with E-state index < -0.39 is 0 Å². The number of carbonyl (C=O) groups excluding carboxylic acids is 2. The van der Waals surface area contributed by atoms with Gasteiger partial charge in [0, 0.05) is 31.1 Å². The Labute approximate surface area is 204 Å². The van der Waals surface area contributed by atoms with Crippen molar-refractivity contribution in [2.24, 2.45) is 5.92 Å². The van der Waals surface area contributed by atoms with E-state index in [0.717, 1.165) is 28.7 Å². The van der Waals surface area contributed by atoms with Gasteiger partial charge in [-0.2, -0.15) is 0 Å². The number of thioether (sulfide) groups is 1. The van der Waals surface area contributed by atoms with Crippen LogP contribution in [0.4, 0.5) is 0 Å². The van der Waals surface area contributed by atoms with Crippen LogP contribution in [0.5, 0.6) is 0 Å². The summed E-state index contributed by atoms with van der Waals surface area (Å²) in [6, 6.07) is 3.36. The van der Waals surface area contributed by atoms with Crippen LogP contribution in [0, 0.1) is 5.92 Å². The Hall–Kier alpha value is -2.92. The predicted molar refractivity (Wildman–Crippen MR) is 129 cm³/mol. The number of carbonyl (C=O) groups is 2. The van der Waals surface area contributed by atoms with Crippen molar-refractivity contribution in [3.05, 3.63) is 40.9 Å². The number of thiophene rings is 1. The minimum Gasteiger partial charge on any atom is -0.459 e. The minimum atomic E-state index is -0.134. The van der Waals surface area contributed by atoms with E-state index in [9.17, 15) is 9.59 Å². The number of hydrogen-bond donors (Lipinski definition) is 0. The molecule has 1 atom stereocenters. The number of rotatable bonds is 4. The van der Waals surface area contributed by atoms with Gasteiger partial charge in [-0.3, -0.25) is 14.0 Å². The van der Waals surface area contributed by atoms with Crippen molar-refractivity contribution in [2.45, 2.75) is 31.3 Å². The molecule has 1 fully saturated rings. The molecule has 0 unspecified atom stereocenters. The number of hydrogen-bond acceptors (Lipinski definition) is 8. The number of furan rings is 1. The van der Waals surface area contributed by atoms with Crippen molar-refractivity contribution in [3.8, 4) is 0 Å². The highest BCUT2D eigenvalue weighted by Gasteiger charge is 2.27. The molecule has 4 aromatic rings. The van der Waals surface area contributed by atoms with Crippen LogP contribution >= 0.6 is 23.1 Å². The quantitative estimate of drug-likeness (QED) is 0.401. The van der Waals surface area contributed by atoms with Crippen LogP contribution in [-0.2, 0) is 17.6 Å². The Morgan fingerprint density at radius 3 is 2.82 bits per heavy atom. The second-order valence-electron chi connectivity index (χ2n) is 8.89. The highest BCUT2D eigenvalue weighted by Crippen LogP contribution is 2.39. The Morgan fingerprint density at radius 2 is 2.03 bits per heavy atom.